The van der Waals surface area contributed by atoms with Crippen LogP contribution in [0.25, 0.3) is 11.1 Å². The molecule has 0 aliphatic heterocycles. The van der Waals surface area contributed by atoms with E-state index in [0.717, 1.165) is 5.56 Å². The van der Waals surface area contributed by atoms with Gasteiger partial charge in [0.15, 0.2) is 6.10 Å². The van der Waals surface area contributed by atoms with Crippen molar-refractivity contribution in [1.29, 1.82) is 5.26 Å². The van der Waals surface area contributed by atoms with E-state index in [9.17, 15) is 4.79 Å². The first-order valence-electron chi connectivity index (χ1n) is 11.6. The highest BCUT2D eigenvalue weighted by atomic mass is 19.1. The number of nitriles is 1. The predicted octanol–water partition coefficient (Wildman–Crippen LogP) is 4.84. The maximum absolute atomic E-state index is 15.3. The average molecular weight is 494 g/mol. The third kappa shape index (κ3) is 6.87. The number of carbonyl (C=O) groups is 1. The minimum atomic E-state index is -1.46. The van der Waals surface area contributed by atoms with E-state index in [1.54, 1.807) is 55.5 Å². The van der Waals surface area contributed by atoms with Crippen molar-refractivity contribution in [2.24, 2.45) is 0 Å². The average Bonchev–Trinajstić information content (AvgIpc) is 2.86. The van der Waals surface area contributed by atoms with Gasteiger partial charge >= 0.3 is 0 Å². The number of nitrogens with zero attached hydrogens (tertiary/aromatic N) is 2. The van der Waals surface area contributed by atoms with E-state index in [1.807, 2.05) is 25.1 Å². The Bertz CT molecular complexity index is 1200. The van der Waals surface area contributed by atoms with Crippen LogP contribution in [0, 0.1) is 23.0 Å². The van der Waals surface area contributed by atoms with Gasteiger partial charge in [0, 0.05) is 25.3 Å². The molecular weight excluding hydrogens is 464 g/mol. The van der Waals surface area contributed by atoms with Crippen molar-refractivity contribution in [2.75, 3.05) is 33.9 Å². The van der Waals surface area contributed by atoms with Crippen LogP contribution in [-0.2, 0) is 16.1 Å². The van der Waals surface area contributed by atoms with Crippen molar-refractivity contribution in [2.45, 2.75) is 19.6 Å². The Kier molecular flexibility index (Phi) is 9.51. The molecule has 0 bridgehead atoms. The summed E-state index contributed by atoms with van der Waals surface area (Å²) in [7, 11) is 3.85. The lowest BCUT2D eigenvalue weighted by molar-refractivity contribution is -0.133. The molecule has 3 rings (SSSR count). The molecule has 0 fully saturated rings. The van der Waals surface area contributed by atoms with Crippen molar-refractivity contribution < 1.29 is 23.0 Å². The van der Waals surface area contributed by atoms with E-state index in [1.165, 1.54) is 12.1 Å². The number of para-hydroxylation sites is 1. The molecule has 1 unspecified atom stereocenters. The van der Waals surface area contributed by atoms with E-state index >= 15 is 8.78 Å². The maximum Gasteiger partial charge on any atom is 0.254 e. The minimum absolute atomic E-state index is 0.0815. The van der Waals surface area contributed by atoms with Crippen LogP contribution in [0.3, 0.4) is 0 Å². The lowest BCUT2D eigenvalue weighted by Crippen LogP contribution is -2.31. The van der Waals surface area contributed by atoms with E-state index in [2.05, 4.69) is 5.32 Å². The molecule has 0 heterocycles. The standard InChI is InChI=1S/C28H29F2N3O3/c1-4-35-27(28(34)32-18-20-11-9-19(17-31)10-12-20)26-23(29)15-21(16-24(26)30)22-7-5-6-8-25(22)36-14-13-33(2)3/h5-12,15-16,27H,4,13-14,18H2,1-3H3,(H,32,34). The highest BCUT2D eigenvalue weighted by Gasteiger charge is 2.28. The summed E-state index contributed by atoms with van der Waals surface area (Å²) in [5, 5.41) is 11.6. The molecule has 0 aliphatic rings. The first-order valence-corrected chi connectivity index (χ1v) is 11.6. The van der Waals surface area contributed by atoms with Gasteiger partial charge in [0.1, 0.15) is 24.0 Å². The Morgan fingerprint density at radius 2 is 1.75 bits per heavy atom. The molecule has 0 aromatic heterocycles. The Labute approximate surface area is 210 Å². The molecule has 188 valence electrons. The summed E-state index contributed by atoms with van der Waals surface area (Å²) in [6.45, 7) is 2.94. The fourth-order valence-corrected chi connectivity index (χ4v) is 3.60. The van der Waals surface area contributed by atoms with E-state index in [4.69, 9.17) is 14.7 Å². The molecule has 0 aliphatic carbocycles. The Balaban J connectivity index is 1.83. The highest BCUT2D eigenvalue weighted by molar-refractivity contribution is 5.83. The number of ether oxygens (including phenoxy) is 2. The monoisotopic (exact) mass is 493 g/mol. The lowest BCUT2D eigenvalue weighted by Gasteiger charge is -2.20. The fourth-order valence-electron chi connectivity index (χ4n) is 3.60. The van der Waals surface area contributed by atoms with Crippen LogP contribution in [0.1, 0.15) is 29.7 Å². The van der Waals surface area contributed by atoms with Crippen molar-refractivity contribution in [3.05, 3.63) is 89.0 Å². The smallest absolute Gasteiger partial charge is 0.254 e. The summed E-state index contributed by atoms with van der Waals surface area (Å²) in [6, 6.07) is 18.1. The van der Waals surface area contributed by atoms with E-state index in [-0.39, 0.29) is 13.2 Å². The van der Waals surface area contributed by atoms with Crippen LogP contribution in [-0.4, -0.2) is 44.7 Å². The van der Waals surface area contributed by atoms with Crippen LogP contribution >= 0.6 is 0 Å². The topological polar surface area (TPSA) is 74.6 Å². The molecule has 3 aromatic carbocycles. The molecule has 1 atom stereocenters. The van der Waals surface area contributed by atoms with Crippen LogP contribution in [0.2, 0.25) is 0 Å². The number of carbonyl (C=O) groups excluding carboxylic acids is 1. The van der Waals surface area contributed by atoms with Crippen LogP contribution in [0.15, 0.2) is 60.7 Å². The molecule has 0 saturated heterocycles. The van der Waals surface area contributed by atoms with E-state index < -0.39 is 29.2 Å². The second-order valence-corrected chi connectivity index (χ2v) is 8.36. The summed E-state index contributed by atoms with van der Waals surface area (Å²) in [4.78, 5) is 14.8. The molecule has 6 nitrogen and oxygen atoms in total. The number of halogens is 2. The second kappa shape index (κ2) is 12.8. The van der Waals surface area contributed by atoms with Gasteiger partial charge in [-0.1, -0.05) is 30.3 Å². The quantitative estimate of drug-likeness (QED) is 0.414. The third-order valence-electron chi connectivity index (χ3n) is 5.46. The van der Waals surface area contributed by atoms with Gasteiger partial charge in [0.2, 0.25) is 0 Å². The van der Waals surface area contributed by atoms with Crippen molar-refractivity contribution in [3.8, 4) is 22.9 Å². The highest BCUT2D eigenvalue weighted by Crippen LogP contribution is 2.34. The van der Waals surface area contributed by atoms with Crippen molar-refractivity contribution in [3.63, 3.8) is 0 Å². The molecule has 0 saturated carbocycles. The normalized spacial score (nSPS) is 11.7. The Morgan fingerprint density at radius 1 is 1.08 bits per heavy atom. The van der Waals surface area contributed by atoms with Crippen molar-refractivity contribution in [1.82, 2.24) is 10.2 Å². The van der Waals surface area contributed by atoms with Crippen LogP contribution in [0.4, 0.5) is 8.78 Å². The predicted molar refractivity (Wildman–Crippen MR) is 133 cm³/mol. The first-order chi connectivity index (χ1) is 17.3. The lowest BCUT2D eigenvalue weighted by atomic mass is 9.99. The number of benzene rings is 3. The molecular formula is C28H29F2N3O3. The molecule has 1 amide bonds. The molecule has 0 spiro atoms. The first kappa shape index (κ1) is 26.8. The largest absolute Gasteiger partial charge is 0.492 e. The van der Waals surface area contributed by atoms with Crippen LogP contribution < -0.4 is 10.1 Å². The number of hydrogen-bond donors (Lipinski definition) is 1. The third-order valence-corrected chi connectivity index (χ3v) is 5.46. The summed E-state index contributed by atoms with van der Waals surface area (Å²) >= 11 is 0. The van der Waals surface area contributed by atoms with E-state index in [0.29, 0.717) is 35.6 Å². The number of hydrogen-bond acceptors (Lipinski definition) is 5. The number of amides is 1. The summed E-state index contributed by atoms with van der Waals surface area (Å²) in [6.07, 6.45) is -1.46. The fraction of sp³-hybridized carbons (Fsp3) is 0.286. The maximum atomic E-state index is 15.3. The molecule has 8 heteroatoms. The SMILES string of the molecule is CCOC(C(=O)NCc1ccc(C#N)cc1)c1c(F)cc(-c2ccccc2OCCN(C)C)cc1F. The van der Waals surface area contributed by atoms with Crippen LogP contribution in [0.5, 0.6) is 5.75 Å². The zero-order valence-electron chi connectivity index (χ0n) is 20.6. The molecule has 1 N–H and O–H groups in total. The number of nitrogens with one attached hydrogen (secondary N) is 1. The molecule has 3 aromatic rings. The molecule has 36 heavy (non-hydrogen) atoms. The Morgan fingerprint density at radius 3 is 2.36 bits per heavy atom. The van der Waals surface area contributed by atoms with Gasteiger partial charge in [-0.05, 0) is 62.5 Å². The summed E-state index contributed by atoms with van der Waals surface area (Å²) in [5.41, 5.74) is 1.61. The zero-order valence-corrected chi connectivity index (χ0v) is 20.6. The van der Waals surface area contributed by atoms with Gasteiger partial charge in [-0.3, -0.25) is 4.79 Å². The summed E-state index contributed by atoms with van der Waals surface area (Å²) in [5.74, 6) is -1.94. The van der Waals surface area contributed by atoms with Gasteiger partial charge in [-0.2, -0.15) is 5.26 Å². The minimum Gasteiger partial charge on any atom is -0.492 e. The van der Waals surface area contributed by atoms with Gasteiger partial charge in [0.05, 0.1) is 17.2 Å². The second-order valence-electron chi connectivity index (χ2n) is 8.36. The molecule has 0 radical (unpaired) electrons. The number of rotatable bonds is 11. The number of likely N-dealkylation sites (N-methyl/N-ethyl adjacent to an activating group) is 1. The van der Waals surface area contributed by atoms with Gasteiger partial charge in [-0.15, -0.1) is 0 Å². The summed E-state index contributed by atoms with van der Waals surface area (Å²) < 4.78 is 41.9. The van der Waals surface area contributed by atoms with Gasteiger partial charge < -0.3 is 19.7 Å². The Hall–Kier alpha value is -3.80. The van der Waals surface area contributed by atoms with Gasteiger partial charge in [-0.25, -0.2) is 8.78 Å². The van der Waals surface area contributed by atoms with Gasteiger partial charge in [0.25, 0.3) is 5.91 Å². The van der Waals surface area contributed by atoms with Crippen molar-refractivity contribution >= 4 is 5.91 Å². The zero-order chi connectivity index (χ0) is 26.1.